The Bertz CT molecular complexity index is 778. The fourth-order valence-electron chi connectivity index (χ4n) is 2.21. The van der Waals surface area contributed by atoms with Gasteiger partial charge < -0.3 is 10.6 Å². The lowest BCUT2D eigenvalue weighted by Gasteiger charge is -2.13. The summed E-state index contributed by atoms with van der Waals surface area (Å²) in [5, 5.41) is 5.91. The number of carbonyl (C=O) groups is 2. The third-order valence-electron chi connectivity index (χ3n) is 3.92. The highest BCUT2D eigenvalue weighted by molar-refractivity contribution is 8.01. The van der Waals surface area contributed by atoms with E-state index in [2.05, 4.69) is 17.6 Å². The molecule has 0 saturated carbocycles. The van der Waals surface area contributed by atoms with Crippen LogP contribution in [-0.2, 0) is 16.0 Å². The molecule has 138 valence electrons. The van der Waals surface area contributed by atoms with Crippen LogP contribution in [0.4, 0.5) is 11.4 Å². The van der Waals surface area contributed by atoms with Crippen LogP contribution in [0, 0.1) is 6.92 Å². The summed E-state index contributed by atoms with van der Waals surface area (Å²) in [5.41, 5.74) is 3.59. The Balaban J connectivity index is 1.80. The molecule has 0 spiro atoms. The van der Waals surface area contributed by atoms with Crippen LogP contribution in [0.15, 0.2) is 42.5 Å². The maximum Gasteiger partial charge on any atom is 0.237 e. The molecule has 0 heterocycles. The van der Waals surface area contributed by atoms with E-state index in [-0.39, 0.29) is 22.8 Å². The number of nitrogens with one attached hydrogen (secondary N) is 2. The molecule has 0 aliphatic heterocycles. The molecule has 4 nitrogen and oxygen atoms in total. The monoisotopic (exact) mass is 390 g/mol. The molecule has 0 bridgehead atoms. The molecule has 2 rings (SSSR count). The average molecular weight is 391 g/mol. The van der Waals surface area contributed by atoms with Gasteiger partial charge in [-0.2, -0.15) is 0 Å². The van der Waals surface area contributed by atoms with Gasteiger partial charge in [-0.1, -0.05) is 36.7 Å². The molecule has 2 N–H and O–H groups in total. The Morgan fingerprint density at radius 2 is 1.73 bits per heavy atom. The van der Waals surface area contributed by atoms with Crippen molar-refractivity contribution in [2.45, 2.75) is 32.4 Å². The molecular weight excluding hydrogens is 368 g/mol. The molecule has 2 amide bonds. The molecule has 0 aliphatic rings. The molecule has 0 fully saturated rings. The minimum atomic E-state index is -0.358. The Morgan fingerprint density at radius 3 is 2.35 bits per heavy atom. The Hall–Kier alpha value is -1.98. The van der Waals surface area contributed by atoms with Gasteiger partial charge in [0.25, 0.3) is 0 Å². The number of hydrogen-bond donors (Lipinski definition) is 2. The largest absolute Gasteiger partial charge is 0.325 e. The van der Waals surface area contributed by atoms with E-state index in [1.54, 1.807) is 13.0 Å². The highest BCUT2D eigenvalue weighted by atomic mass is 35.5. The number of benzene rings is 2. The van der Waals surface area contributed by atoms with E-state index < -0.39 is 0 Å². The van der Waals surface area contributed by atoms with Gasteiger partial charge in [0.1, 0.15) is 0 Å². The third-order valence-corrected chi connectivity index (χ3v) is 5.47. The zero-order valence-electron chi connectivity index (χ0n) is 15.1. The van der Waals surface area contributed by atoms with Crippen molar-refractivity contribution in [3.63, 3.8) is 0 Å². The van der Waals surface area contributed by atoms with Crippen molar-refractivity contribution >= 4 is 46.6 Å². The fraction of sp³-hybridized carbons (Fsp3) is 0.300. The van der Waals surface area contributed by atoms with Crippen LogP contribution < -0.4 is 10.6 Å². The van der Waals surface area contributed by atoms with Crippen molar-refractivity contribution in [1.29, 1.82) is 0 Å². The summed E-state index contributed by atoms with van der Waals surface area (Å²) in [6.45, 7) is 5.77. The summed E-state index contributed by atoms with van der Waals surface area (Å²) in [5.74, 6) is -0.0778. The molecule has 26 heavy (non-hydrogen) atoms. The number of hydrogen-bond acceptors (Lipinski definition) is 3. The minimum Gasteiger partial charge on any atom is -0.325 e. The van der Waals surface area contributed by atoms with Gasteiger partial charge in [0, 0.05) is 16.4 Å². The van der Waals surface area contributed by atoms with Crippen molar-refractivity contribution in [3.8, 4) is 0 Å². The second kappa shape index (κ2) is 9.64. The predicted octanol–water partition coefficient (Wildman–Crippen LogP) is 4.91. The number of carbonyl (C=O) groups excluding carboxylic acids is 2. The maximum absolute atomic E-state index is 12.2. The molecule has 1 atom stereocenters. The van der Waals surface area contributed by atoms with Gasteiger partial charge in [-0.25, -0.2) is 0 Å². The highest BCUT2D eigenvalue weighted by Gasteiger charge is 2.16. The van der Waals surface area contributed by atoms with Gasteiger partial charge >= 0.3 is 0 Å². The molecule has 0 aromatic heterocycles. The quantitative estimate of drug-likeness (QED) is 0.706. The highest BCUT2D eigenvalue weighted by Crippen LogP contribution is 2.21. The summed E-state index contributed by atoms with van der Waals surface area (Å²) in [6, 6.07) is 13.1. The molecule has 0 aliphatic carbocycles. The van der Waals surface area contributed by atoms with E-state index in [1.165, 1.54) is 17.3 Å². The molecule has 2 aromatic carbocycles. The first kappa shape index (κ1) is 20.3. The van der Waals surface area contributed by atoms with E-state index in [0.29, 0.717) is 10.7 Å². The number of aryl methyl sites for hydroxylation is 2. The fourth-order valence-corrected chi connectivity index (χ4v) is 3.08. The van der Waals surface area contributed by atoms with E-state index >= 15 is 0 Å². The first-order chi connectivity index (χ1) is 12.4. The van der Waals surface area contributed by atoms with Crippen LogP contribution in [0.1, 0.15) is 25.0 Å². The summed E-state index contributed by atoms with van der Waals surface area (Å²) in [7, 11) is 0. The van der Waals surface area contributed by atoms with E-state index in [0.717, 1.165) is 17.7 Å². The molecule has 0 saturated heterocycles. The molecular formula is C20H23ClN2O2S. The minimum absolute atomic E-state index is 0.128. The van der Waals surface area contributed by atoms with Crippen LogP contribution in [-0.4, -0.2) is 22.8 Å². The lowest BCUT2D eigenvalue weighted by molar-refractivity contribution is -0.115. The molecule has 0 radical (unpaired) electrons. The van der Waals surface area contributed by atoms with E-state index in [9.17, 15) is 9.59 Å². The first-order valence-electron chi connectivity index (χ1n) is 8.46. The van der Waals surface area contributed by atoms with Gasteiger partial charge in [0.05, 0.1) is 11.0 Å². The number of thioether (sulfide) groups is 1. The Morgan fingerprint density at radius 1 is 1.08 bits per heavy atom. The topological polar surface area (TPSA) is 58.2 Å². The van der Waals surface area contributed by atoms with Crippen molar-refractivity contribution in [2.24, 2.45) is 0 Å². The Kier molecular flexibility index (Phi) is 7.54. The number of rotatable bonds is 7. The zero-order chi connectivity index (χ0) is 19.1. The van der Waals surface area contributed by atoms with Crippen LogP contribution in [0.3, 0.4) is 0 Å². The second-order valence-electron chi connectivity index (χ2n) is 6.01. The van der Waals surface area contributed by atoms with E-state index in [4.69, 9.17) is 11.6 Å². The van der Waals surface area contributed by atoms with Crippen molar-refractivity contribution in [1.82, 2.24) is 0 Å². The summed E-state index contributed by atoms with van der Waals surface area (Å²) in [4.78, 5) is 24.3. The van der Waals surface area contributed by atoms with Gasteiger partial charge in [0.15, 0.2) is 0 Å². The first-order valence-corrected chi connectivity index (χ1v) is 9.89. The summed E-state index contributed by atoms with van der Waals surface area (Å²) in [6.07, 6.45) is 0.961. The number of halogens is 1. The normalized spacial score (nSPS) is 11.7. The van der Waals surface area contributed by atoms with Crippen molar-refractivity contribution in [2.75, 3.05) is 16.4 Å². The van der Waals surface area contributed by atoms with Gasteiger partial charge in [-0.05, 0) is 55.7 Å². The van der Waals surface area contributed by atoms with Gasteiger partial charge in [-0.3, -0.25) is 9.59 Å². The predicted molar refractivity (Wildman–Crippen MR) is 111 cm³/mol. The Labute approximate surface area is 163 Å². The second-order valence-corrected chi connectivity index (χ2v) is 7.74. The molecule has 0 unspecified atom stereocenters. The van der Waals surface area contributed by atoms with E-state index in [1.807, 2.05) is 43.3 Å². The lowest BCUT2D eigenvalue weighted by atomic mass is 10.1. The molecule has 6 heteroatoms. The van der Waals surface area contributed by atoms with Crippen LogP contribution in [0.5, 0.6) is 0 Å². The van der Waals surface area contributed by atoms with Crippen LogP contribution in [0.2, 0.25) is 5.02 Å². The van der Waals surface area contributed by atoms with Crippen LogP contribution in [0.25, 0.3) is 0 Å². The smallest absolute Gasteiger partial charge is 0.237 e. The standard InChI is InChI=1S/C20H23ClN2O2S/c1-4-15-6-9-16(10-7-15)22-19(24)12-26-14(3)20(25)23-17-8-5-13(2)18(21)11-17/h5-11,14H,4,12H2,1-3H3,(H,22,24)(H,23,25)/t14-/m0/s1. The van der Waals surface area contributed by atoms with Crippen molar-refractivity contribution in [3.05, 3.63) is 58.6 Å². The summed E-state index contributed by atoms with van der Waals surface area (Å²) < 4.78 is 0. The van der Waals surface area contributed by atoms with Gasteiger partial charge in [-0.15, -0.1) is 11.8 Å². The number of amides is 2. The van der Waals surface area contributed by atoms with Crippen molar-refractivity contribution < 1.29 is 9.59 Å². The SMILES string of the molecule is CCc1ccc(NC(=O)CS[C@@H](C)C(=O)Nc2ccc(C)c(Cl)c2)cc1. The van der Waals surface area contributed by atoms with Gasteiger partial charge in [0.2, 0.25) is 11.8 Å². The number of anilines is 2. The average Bonchev–Trinajstić information content (AvgIpc) is 2.63. The lowest BCUT2D eigenvalue weighted by Crippen LogP contribution is -2.25. The maximum atomic E-state index is 12.2. The zero-order valence-corrected chi connectivity index (χ0v) is 16.7. The third kappa shape index (κ3) is 6.07. The summed E-state index contributed by atoms with van der Waals surface area (Å²) >= 11 is 7.36. The molecule has 2 aromatic rings. The van der Waals surface area contributed by atoms with Crippen LogP contribution >= 0.6 is 23.4 Å².